The Hall–Kier alpha value is -2.76. The fourth-order valence-electron chi connectivity index (χ4n) is 2.36. The average Bonchev–Trinajstić information content (AvgIpc) is 3.11. The lowest BCUT2D eigenvalue weighted by Gasteiger charge is -2.14. The molecule has 6 heteroatoms. The standard InChI is InChI=1S/C16H17N3O3/c1-10-6-12(18-22-10)9-19(2)16(20)15-7-11-4-5-13(21-3)8-14(11)17-15/h4-8,17H,9H2,1-3H3. The molecular formula is C16H17N3O3. The minimum atomic E-state index is -0.101. The molecular weight excluding hydrogens is 282 g/mol. The van der Waals surface area contributed by atoms with Gasteiger partial charge in [-0.2, -0.15) is 0 Å². The van der Waals surface area contributed by atoms with Crippen molar-refractivity contribution in [1.82, 2.24) is 15.0 Å². The number of benzene rings is 1. The molecule has 0 aliphatic rings. The fraction of sp³-hybridized carbons (Fsp3) is 0.250. The van der Waals surface area contributed by atoms with Crippen LogP contribution in [-0.4, -0.2) is 35.1 Å². The number of ether oxygens (including phenoxy) is 1. The van der Waals surface area contributed by atoms with Crippen LogP contribution in [0.2, 0.25) is 0 Å². The summed E-state index contributed by atoms with van der Waals surface area (Å²) in [6.07, 6.45) is 0. The topological polar surface area (TPSA) is 71.4 Å². The summed E-state index contributed by atoms with van der Waals surface area (Å²) in [5, 5.41) is 4.87. The number of hydrogen-bond acceptors (Lipinski definition) is 4. The molecule has 0 bridgehead atoms. The Bertz CT molecular complexity index is 819. The van der Waals surface area contributed by atoms with Crippen LogP contribution in [0.25, 0.3) is 10.9 Å². The van der Waals surface area contributed by atoms with Crippen LogP contribution in [0.5, 0.6) is 5.75 Å². The minimum absolute atomic E-state index is 0.101. The van der Waals surface area contributed by atoms with Crippen molar-refractivity contribution >= 4 is 16.8 Å². The van der Waals surface area contributed by atoms with Gasteiger partial charge >= 0.3 is 0 Å². The van der Waals surface area contributed by atoms with E-state index in [1.165, 1.54) is 0 Å². The number of H-pyrrole nitrogens is 1. The van der Waals surface area contributed by atoms with E-state index in [-0.39, 0.29) is 5.91 Å². The van der Waals surface area contributed by atoms with Crippen molar-refractivity contribution in [3.63, 3.8) is 0 Å². The molecule has 3 rings (SSSR count). The molecule has 0 fully saturated rings. The van der Waals surface area contributed by atoms with Gasteiger partial charge in [-0.3, -0.25) is 4.79 Å². The average molecular weight is 299 g/mol. The molecule has 1 N–H and O–H groups in total. The van der Waals surface area contributed by atoms with E-state index in [4.69, 9.17) is 9.26 Å². The summed E-state index contributed by atoms with van der Waals surface area (Å²) in [4.78, 5) is 17.2. The van der Waals surface area contributed by atoms with E-state index in [9.17, 15) is 4.79 Å². The lowest BCUT2D eigenvalue weighted by atomic mass is 10.2. The molecule has 1 aromatic carbocycles. The van der Waals surface area contributed by atoms with Gasteiger partial charge < -0.3 is 19.1 Å². The zero-order valence-electron chi connectivity index (χ0n) is 12.7. The van der Waals surface area contributed by atoms with Crippen LogP contribution in [0.4, 0.5) is 0 Å². The summed E-state index contributed by atoms with van der Waals surface area (Å²) < 4.78 is 10.2. The molecule has 0 saturated carbocycles. The number of rotatable bonds is 4. The third-order valence-corrected chi connectivity index (χ3v) is 3.48. The third kappa shape index (κ3) is 2.67. The smallest absolute Gasteiger partial charge is 0.270 e. The second kappa shape index (κ2) is 5.55. The minimum Gasteiger partial charge on any atom is -0.497 e. The predicted octanol–water partition coefficient (Wildman–Crippen LogP) is 2.75. The maximum absolute atomic E-state index is 12.5. The number of nitrogens with one attached hydrogen (secondary N) is 1. The zero-order valence-corrected chi connectivity index (χ0v) is 12.7. The maximum Gasteiger partial charge on any atom is 0.270 e. The summed E-state index contributed by atoms with van der Waals surface area (Å²) in [7, 11) is 3.35. The Morgan fingerprint density at radius 2 is 2.18 bits per heavy atom. The van der Waals surface area contributed by atoms with Crippen molar-refractivity contribution in [1.29, 1.82) is 0 Å². The third-order valence-electron chi connectivity index (χ3n) is 3.48. The monoisotopic (exact) mass is 299 g/mol. The summed E-state index contributed by atoms with van der Waals surface area (Å²) in [6.45, 7) is 2.22. The lowest BCUT2D eigenvalue weighted by Crippen LogP contribution is -2.26. The van der Waals surface area contributed by atoms with Crippen LogP contribution in [0.15, 0.2) is 34.9 Å². The molecule has 0 spiro atoms. The summed E-state index contributed by atoms with van der Waals surface area (Å²) in [6, 6.07) is 9.31. The van der Waals surface area contributed by atoms with Gasteiger partial charge in [-0.1, -0.05) is 5.16 Å². The van der Waals surface area contributed by atoms with Crippen LogP contribution in [0.3, 0.4) is 0 Å². The van der Waals surface area contributed by atoms with E-state index in [0.717, 1.165) is 28.1 Å². The molecule has 0 aliphatic carbocycles. The van der Waals surface area contributed by atoms with Gasteiger partial charge in [0.25, 0.3) is 5.91 Å². The summed E-state index contributed by atoms with van der Waals surface area (Å²) in [5.41, 5.74) is 2.13. The number of hydrogen-bond donors (Lipinski definition) is 1. The van der Waals surface area contributed by atoms with Crippen LogP contribution in [-0.2, 0) is 6.54 Å². The molecule has 2 aromatic heterocycles. The highest BCUT2D eigenvalue weighted by molar-refractivity contribution is 5.98. The Kier molecular flexibility index (Phi) is 3.58. The number of aromatic amines is 1. The molecule has 1 amide bonds. The van der Waals surface area contributed by atoms with E-state index >= 15 is 0 Å². The Labute approximate surface area is 127 Å². The van der Waals surface area contributed by atoms with E-state index in [2.05, 4.69) is 10.1 Å². The second-order valence-corrected chi connectivity index (χ2v) is 5.23. The van der Waals surface area contributed by atoms with Crippen molar-refractivity contribution < 1.29 is 14.1 Å². The quantitative estimate of drug-likeness (QED) is 0.804. The lowest BCUT2D eigenvalue weighted by molar-refractivity contribution is 0.0777. The van der Waals surface area contributed by atoms with E-state index < -0.39 is 0 Å². The highest BCUT2D eigenvalue weighted by Crippen LogP contribution is 2.22. The van der Waals surface area contributed by atoms with Crippen LogP contribution in [0, 0.1) is 6.92 Å². The molecule has 2 heterocycles. The summed E-state index contributed by atoms with van der Waals surface area (Å²) in [5.74, 6) is 1.38. The first-order chi connectivity index (χ1) is 10.6. The van der Waals surface area contributed by atoms with Crippen molar-refractivity contribution in [2.75, 3.05) is 14.2 Å². The number of fused-ring (bicyclic) bond motifs is 1. The molecule has 0 radical (unpaired) electrons. The fourth-order valence-corrected chi connectivity index (χ4v) is 2.36. The molecule has 22 heavy (non-hydrogen) atoms. The molecule has 0 atom stereocenters. The van der Waals surface area contributed by atoms with Gasteiger partial charge in [0, 0.05) is 30.1 Å². The van der Waals surface area contributed by atoms with Crippen LogP contribution in [0.1, 0.15) is 21.9 Å². The Morgan fingerprint density at radius 1 is 1.36 bits per heavy atom. The zero-order chi connectivity index (χ0) is 15.7. The first-order valence-corrected chi connectivity index (χ1v) is 6.91. The van der Waals surface area contributed by atoms with E-state index in [1.54, 1.807) is 19.1 Å². The first-order valence-electron chi connectivity index (χ1n) is 6.91. The van der Waals surface area contributed by atoms with E-state index in [1.807, 2.05) is 37.3 Å². The number of aromatic nitrogens is 2. The SMILES string of the molecule is COc1ccc2cc(C(=O)N(C)Cc3cc(C)on3)[nH]c2c1. The van der Waals surface area contributed by atoms with Crippen LogP contribution < -0.4 is 4.74 Å². The van der Waals surface area contributed by atoms with Gasteiger partial charge in [0.05, 0.1) is 13.7 Å². The van der Waals surface area contributed by atoms with Gasteiger partial charge in [-0.05, 0) is 25.1 Å². The molecule has 0 unspecified atom stereocenters. The van der Waals surface area contributed by atoms with E-state index in [0.29, 0.717) is 12.2 Å². The molecule has 3 aromatic rings. The van der Waals surface area contributed by atoms with Crippen molar-refractivity contribution in [2.45, 2.75) is 13.5 Å². The Morgan fingerprint density at radius 3 is 2.86 bits per heavy atom. The highest BCUT2D eigenvalue weighted by Gasteiger charge is 2.16. The maximum atomic E-state index is 12.5. The highest BCUT2D eigenvalue weighted by atomic mass is 16.5. The number of methoxy groups -OCH3 is 1. The Balaban J connectivity index is 1.81. The molecule has 6 nitrogen and oxygen atoms in total. The number of carbonyl (C=O) groups excluding carboxylic acids is 1. The van der Waals surface area contributed by atoms with Crippen molar-refractivity contribution in [3.05, 3.63) is 47.5 Å². The first kappa shape index (κ1) is 14.2. The molecule has 0 saturated heterocycles. The van der Waals surface area contributed by atoms with Gasteiger partial charge in [-0.15, -0.1) is 0 Å². The van der Waals surface area contributed by atoms with Gasteiger partial charge in [0.2, 0.25) is 0 Å². The number of nitrogens with zero attached hydrogens (tertiary/aromatic N) is 2. The van der Waals surface area contributed by atoms with Crippen molar-refractivity contribution in [3.8, 4) is 5.75 Å². The normalized spacial score (nSPS) is 10.9. The number of carbonyl (C=O) groups is 1. The van der Waals surface area contributed by atoms with Crippen LogP contribution >= 0.6 is 0 Å². The molecule has 114 valence electrons. The van der Waals surface area contributed by atoms with Gasteiger partial charge in [0.1, 0.15) is 22.9 Å². The largest absolute Gasteiger partial charge is 0.497 e. The van der Waals surface area contributed by atoms with Gasteiger partial charge in [-0.25, -0.2) is 0 Å². The predicted molar refractivity (Wildman–Crippen MR) is 81.9 cm³/mol. The molecule has 0 aliphatic heterocycles. The summed E-state index contributed by atoms with van der Waals surface area (Å²) >= 11 is 0. The van der Waals surface area contributed by atoms with Gasteiger partial charge in [0.15, 0.2) is 0 Å². The number of aryl methyl sites for hydroxylation is 1. The number of amides is 1. The van der Waals surface area contributed by atoms with Crippen molar-refractivity contribution in [2.24, 2.45) is 0 Å². The second-order valence-electron chi connectivity index (χ2n) is 5.23.